The molecule has 2 N–H and O–H groups in total. The average Bonchev–Trinajstić information content (AvgIpc) is 3.55. The van der Waals surface area contributed by atoms with Gasteiger partial charge >= 0.3 is 0 Å². The number of nitrogens with zero attached hydrogens (tertiary/aromatic N) is 3. The van der Waals surface area contributed by atoms with E-state index in [1.807, 2.05) is 26.0 Å². The fraction of sp³-hybridized carbons (Fsp3) is 0.778. The van der Waals surface area contributed by atoms with Crippen molar-refractivity contribution in [1.82, 2.24) is 14.6 Å². The summed E-state index contributed by atoms with van der Waals surface area (Å²) < 4.78 is 27.3. The lowest BCUT2D eigenvalue weighted by Crippen LogP contribution is -2.46. The third kappa shape index (κ3) is 5.13. The molecule has 1 unspecified atom stereocenters. The van der Waals surface area contributed by atoms with Gasteiger partial charge in [-0.2, -0.15) is 4.98 Å². The van der Waals surface area contributed by atoms with E-state index < -0.39 is 31.9 Å². The van der Waals surface area contributed by atoms with Crippen molar-refractivity contribution in [3.05, 3.63) is 23.1 Å². The quantitative estimate of drug-likeness (QED) is 0.438. The first kappa shape index (κ1) is 28.3. The Labute approximate surface area is 231 Å². The summed E-state index contributed by atoms with van der Waals surface area (Å²) in [6.45, 7) is 17.0. The fourth-order valence-electron chi connectivity index (χ4n) is 5.64. The van der Waals surface area contributed by atoms with Crippen LogP contribution in [0.15, 0.2) is 12.1 Å². The van der Waals surface area contributed by atoms with E-state index in [2.05, 4.69) is 49.3 Å². The average molecular weight is 567 g/mol. The van der Waals surface area contributed by atoms with Gasteiger partial charge in [0.15, 0.2) is 19.9 Å². The summed E-state index contributed by atoms with van der Waals surface area (Å²) in [5, 5.41) is 20.3. The lowest BCUT2D eigenvalue weighted by Gasteiger charge is -2.37. The molecule has 4 heterocycles. The monoisotopic (exact) mass is 566 g/mol. The molecule has 0 amide bonds. The molecule has 212 valence electrons. The lowest BCUT2D eigenvalue weighted by atomic mass is 9.90. The molecule has 2 aromatic rings. The Bertz CT molecular complexity index is 1170. The Morgan fingerprint density at radius 3 is 2.47 bits per heavy atom. The van der Waals surface area contributed by atoms with Gasteiger partial charge in [0.05, 0.1) is 12.3 Å². The number of aromatic nitrogens is 3. The largest absolute Gasteiger partial charge is 0.414 e. The van der Waals surface area contributed by atoms with Crippen LogP contribution < -0.4 is 5.32 Å². The molecule has 11 heteroatoms. The predicted octanol–water partition coefficient (Wildman–Crippen LogP) is 5.25. The van der Waals surface area contributed by atoms with E-state index in [4.69, 9.17) is 30.2 Å². The summed E-state index contributed by atoms with van der Waals surface area (Å²) in [6.07, 6.45) is 2.67. The summed E-state index contributed by atoms with van der Waals surface area (Å²) in [6, 6.07) is 4.13. The zero-order valence-corrected chi connectivity index (χ0v) is 25.6. The van der Waals surface area contributed by atoms with Gasteiger partial charge in [0, 0.05) is 6.04 Å². The summed E-state index contributed by atoms with van der Waals surface area (Å²) in [4.78, 5) is 4.46. The van der Waals surface area contributed by atoms with Gasteiger partial charge in [0.1, 0.15) is 35.5 Å². The highest BCUT2D eigenvalue weighted by molar-refractivity contribution is 6.74. The lowest BCUT2D eigenvalue weighted by molar-refractivity contribution is -0.214. The highest BCUT2D eigenvalue weighted by Gasteiger charge is 2.61. The first-order valence-electron chi connectivity index (χ1n) is 13.8. The third-order valence-corrected chi connectivity index (χ3v) is 13.5. The van der Waals surface area contributed by atoms with Crippen LogP contribution in [0.4, 0.5) is 5.82 Å². The van der Waals surface area contributed by atoms with Gasteiger partial charge in [-0.25, -0.2) is 4.52 Å². The second kappa shape index (κ2) is 9.68. The highest BCUT2D eigenvalue weighted by Crippen LogP contribution is 2.46. The van der Waals surface area contributed by atoms with Crippen LogP contribution in [0.5, 0.6) is 0 Å². The van der Waals surface area contributed by atoms with Crippen molar-refractivity contribution in [1.29, 1.82) is 0 Å². The van der Waals surface area contributed by atoms with E-state index in [9.17, 15) is 5.11 Å². The van der Waals surface area contributed by atoms with Gasteiger partial charge in [-0.15, -0.1) is 5.10 Å². The molecular formula is C27H43ClN4O5Si. The highest BCUT2D eigenvalue weighted by atomic mass is 35.5. The van der Waals surface area contributed by atoms with Crippen LogP contribution in [0.2, 0.25) is 23.4 Å². The minimum Gasteiger partial charge on any atom is -0.414 e. The summed E-state index contributed by atoms with van der Waals surface area (Å²) in [7, 11) is -2.02. The van der Waals surface area contributed by atoms with Crippen molar-refractivity contribution >= 4 is 31.3 Å². The minimum atomic E-state index is -2.02. The molecule has 1 saturated carbocycles. The number of anilines is 1. The van der Waals surface area contributed by atoms with E-state index in [1.54, 1.807) is 11.4 Å². The number of hydrogen-bond acceptors (Lipinski definition) is 8. The predicted molar refractivity (Wildman–Crippen MR) is 149 cm³/mol. The number of ether oxygens (including phenoxy) is 3. The first-order valence-corrected chi connectivity index (χ1v) is 17.1. The Kier molecular flexibility index (Phi) is 7.20. The molecule has 0 bridgehead atoms. The summed E-state index contributed by atoms with van der Waals surface area (Å²) in [5.41, 5.74) is -0.158. The minimum absolute atomic E-state index is 0.0657. The van der Waals surface area contributed by atoms with Crippen molar-refractivity contribution < 1.29 is 23.7 Å². The van der Waals surface area contributed by atoms with Crippen LogP contribution >= 0.6 is 11.6 Å². The van der Waals surface area contributed by atoms with E-state index in [0.29, 0.717) is 24.2 Å². The number of hydrogen-bond donors (Lipinski definition) is 2. The van der Waals surface area contributed by atoms with E-state index in [0.717, 1.165) is 18.4 Å². The normalized spacial score (nSPS) is 29.6. The second-order valence-corrected chi connectivity index (χ2v) is 18.4. The SMILES string of the molecule is CC1(C)O[C@@H]2[C@H](O1)[C@@H](CO[Si](C)(C)C(C)(C)C)O[C@@H]2C(C)(O)c1ccc2c(NC3CCCC3)nc(Cl)nn12. The van der Waals surface area contributed by atoms with Crippen molar-refractivity contribution in [3.63, 3.8) is 0 Å². The zero-order valence-electron chi connectivity index (χ0n) is 23.9. The van der Waals surface area contributed by atoms with Crippen molar-refractivity contribution in [2.24, 2.45) is 0 Å². The molecule has 2 aliphatic heterocycles. The Morgan fingerprint density at radius 1 is 1.16 bits per heavy atom. The standard InChI is InChI=1S/C27H43ClN4O5Si/c1-25(2,3)38(7,8)34-15-18-20-21(37-26(4,5)36-20)22(35-18)27(6,33)19-14-13-17-23(29-16-11-9-10-12-16)30-24(28)31-32(17)19/h13-14,16,18,20-22,33H,9-12,15H2,1-8H3,(H,29,30,31)/t18-,20-,21-,22+,27?/m1/s1. The van der Waals surface area contributed by atoms with Crippen molar-refractivity contribution in [3.8, 4) is 0 Å². The molecule has 9 nitrogen and oxygen atoms in total. The van der Waals surface area contributed by atoms with Crippen molar-refractivity contribution in [2.75, 3.05) is 11.9 Å². The summed E-state index contributed by atoms with van der Waals surface area (Å²) in [5.74, 6) is -0.125. The number of fused-ring (bicyclic) bond motifs is 2. The van der Waals surface area contributed by atoms with Gasteiger partial charge in [-0.05, 0) is 75.5 Å². The van der Waals surface area contributed by atoms with E-state index >= 15 is 0 Å². The third-order valence-electron chi connectivity index (χ3n) is 8.82. The number of aliphatic hydroxyl groups is 1. The molecule has 2 saturated heterocycles. The van der Waals surface area contributed by atoms with Crippen molar-refractivity contribution in [2.45, 2.75) is 127 Å². The maximum atomic E-state index is 12.1. The Balaban J connectivity index is 1.45. The molecule has 0 radical (unpaired) electrons. The molecule has 3 fully saturated rings. The number of halogens is 1. The maximum absolute atomic E-state index is 12.1. The molecule has 1 aliphatic carbocycles. The second-order valence-electron chi connectivity index (χ2n) is 13.2. The molecule has 2 aromatic heterocycles. The number of rotatable bonds is 7. The molecule has 0 aromatic carbocycles. The van der Waals surface area contributed by atoms with Gasteiger partial charge in [0.25, 0.3) is 0 Å². The molecule has 5 rings (SSSR count). The molecular weight excluding hydrogens is 524 g/mol. The van der Waals surface area contributed by atoms with E-state index in [-0.39, 0.29) is 22.5 Å². The Hall–Kier alpha value is -1.27. The smallest absolute Gasteiger partial charge is 0.243 e. The van der Waals surface area contributed by atoms with Crippen LogP contribution in [0.3, 0.4) is 0 Å². The van der Waals surface area contributed by atoms with Gasteiger partial charge < -0.3 is 29.1 Å². The summed E-state index contributed by atoms with van der Waals surface area (Å²) >= 11 is 6.36. The van der Waals surface area contributed by atoms with Crippen LogP contribution in [-0.2, 0) is 24.2 Å². The Morgan fingerprint density at radius 2 is 1.82 bits per heavy atom. The molecule has 38 heavy (non-hydrogen) atoms. The van der Waals surface area contributed by atoms with Crippen LogP contribution in [0.25, 0.3) is 5.52 Å². The van der Waals surface area contributed by atoms with Gasteiger partial charge in [-0.3, -0.25) is 0 Å². The van der Waals surface area contributed by atoms with E-state index in [1.165, 1.54) is 12.8 Å². The van der Waals surface area contributed by atoms with Gasteiger partial charge in [-0.1, -0.05) is 33.6 Å². The molecule has 0 spiro atoms. The topological polar surface area (TPSA) is 99.4 Å². The van der Waals surface area contributed by atoms with Crippen LogP contribution in [0.1, 0.15) is 72.9 Å². The maximum Gasteiger partial charge on any atom is 0.243 e. The zero-order chi connectivity index (χ0) is 27.7. The number of nitrogens with one attached hydrogen (secondary N) is 1. The molecule has 3 aliphatic rings. The first-order chi connectivity index (χ1) is 17.6. The fourth-order valence-corrected chi connectivity index (χ4v) is 6.82. The van der Waals surface area contributed by atoms with Crippen LogP contribution in [0, 0.1) is 0 Å². The van der Waals surface area contributed by atoms with Gasteiger partial charge in [0.2, 0.25) is 5.28 Å². The molecule has 5 atom stereocenters. The van der Waals surface area contributed by atoms with Crippen LogP contribution in [-0.4, -0.2) is 70.9 Å².